The summed E-state index contributed by atoms with van der Waals surface area (Å²) < 4.78 is 16.1. The number of rotatable bonds is 6. The molecule has 1 aliphatic rings. The monoisotopic (exact) mass is 319 g/mol. The highest BCUT2D eigenvalue weighted by molar-refractivity contribution is 6.01. The molecule has 0 atom stereocenters. The molecule has 5 heteroatoms. The van der Waals surface area contributed by atoms with E-state index in [4.69, 9.17) is 14.2 Å². The van der Waals surface area contributed by atoms with Crippen LogP contribution in [0.2, 0.25) is 0 Å². The normalized spacial score (nSPS) is 17.4. The minimum Gasteiger partial charge on any atom is -0.496 e. The predicted octanol–water partition coefficient (Wildman–Crippen LogP) is 2.78. The Bertz CT molecular complexity index is 595. The molecule has 0 aliphatic carbocycles. The molecule has 0 unspecified atom stereocenters. The summed E-state index contributed by atoms with van der Waals surface area (Å²) in [6, 6.07) is 3.62. The van der Waals surface area contributed by atoms with Crippen molar-refractivity contribution in [1.82, 2.24) is 4.90 Å². The molecule has 2 rings (SSSR count). The Morgan fingerprint density at radius 3 is 2.35 bits per heavy atom. The lowest BCUT2D eigenvalue weighted by molar-refractivity contribution is -0.117. The maximum atomic E-state index is 12.2. The van der Waals surface area contributed by atoms with Crippen LogP contribution >= 0.6 is 0 Å². The van der Waals surface area contributed by atoms with Crippen molar-refractivity contribution in [2.24, 2.45) is 0 Å². The quantitative estimate of drug-likeness (QED) is 0.755. The topological polar surface area (TPSA) is 48.0 Å². The van der Waals surface area contributed by atoms with Crippen LogP contribution in [0.5, 0.6) is 17.2 Å². The Labute approximate surface area is 137 Å². The van der Waals surface area contributed by atoms with Gasteiger partial charge in [0.05, 0.1) is 21.3 Å². The Kier molecular flexibility index (Phi) is 6.04. The number of ether oxygens (including phenoxy) is 3. The average Bonchev–Trinajstić information content (AvgIpc) is 2.57. The van der Waals surface area contributed by atoms with E-state index < -0.39 is 0 Å². The zero-order valence-corrected chi connectivity index (χ0v) is 14.3. The Morgan fingerprint density at radius 1 is 1.09 bits per heavy atom. The summed E-state index contributed by atoms with van der Waals surface area (Å²) in [5.41, 5.74) is 1.64. The molecular weight excluding hydrogens is 294 g/mol. The molecule has 126 valence electrons. The number of hydrogen-bond acceptors (Lipinski definition) is 5. The number of carbonyl (C=O) groups is 1. The first-order valence-electron chi connectivity index (χ1n) is 7.89. The first kappa shape index (κ1) is 17.3. The second-order valence-electron chi connectivity index (χ2n) is 5.57. The molecule has 0 saturated carbocycles. The molecule has 0 amide bonds. The summed E-state index contributed by atoms with van der Waals surface area (Å²) >= 11 is 0. The van der Waals surface area contributed by atoms with Gasteiger partial charge in [0.2, 0.25) is 0 Å². The van der Waals surface area contributed by atoms with Crippen molar-refractivity contribution in [1.29, 1.82) is 0 Å². The summed E-state index contributed by atoms with van der Waals surface area (Å²) in [6.07, 6.45) is 3.56. The highest BCUT2D eigenvalue weighted by Gasteiger charge is 2.21. The summed E-state index contributed by atoms with van der Waals surface area (Å²) in [6.45, 7) is 4.68. The molecule has 0 spiro atoms. The molecule has 1 fully saturated rings. The Morgan fingerprint density at radius 2 is 1.74 bits per heavy atom. The van der Waals surface area contributed by atoms with Crippen LogP contribution in [0, 0.1) is 0 Å². The second kappa shape index (κ2) is 8.02. The largest absolute Gasteiger partial charge is 0.496 e. The lowest BCUT2D eigenvalue weighted by Gasteiger charge is -2.27. The van der Waals surface area contributed by atoms with Gasteiger partial charge in [0.25, 0.3) is 0 Å². The van der Waals surface area contributed by atoms with Crippen molar-refractivity contribution in [2.45, 2.75) is 19.8 Å². The summed E-state index contributed by atoms with van der Waals surface area (Å²) in [5.74, 6) is 2.09. The molecule has 0 radical (unpaired) electrons. The third-order valence-electron chi connectivity index (χ3n) is 4.01. The van der Waals surface area contributed by atoms with E-state index in [9.17, 15) is 4.79 Å². The van der Waals surface area contributed by atoms with E-state index in [0.717, 1.165) is 30.6 Å². The average molecular weight is 319 g/mol. The fraction of sp³-hybridized carbons (Fsp3) is 0.500. The van der Waals surface area contributed by atoms with Crippen molar-refractivity contribution < 1.29 is 19.0 Å². The number of Topliss-reactive ketones (excluding diaryl/α,β-unsaturated/α-hetero) is 1. The minimum atomic E-state index is 0.203. The number of methoxy groups -OCH3 is 3. The molecule has 1 aromatic carbocycles. The van der Waals surface area contributed by atoms with Gasteiger partial charge in [-0.05, 0) is 25.1 Å². The zero-order chi connectivity index (χ0) is 16.8. The standard InChI is InChI=1S/C18H25NO4/c1-5-7-19-8-6-15(20)14(12-19)9-13-10-17(22-3)18(23-4)11-16(13)21-2/h9-11H,5-8,12H2,1-4H3/b14-9+. The van der Waals surface area contributed by atoms with E-state index in [1.54, 1.807) is 27.4 Å². The van der Waals surface area contributed by atoms with Crippen molar-refractivity contribution in [2.75, 3.05) is 41.0 Å². The van der Waals surface area contributed by atoms with E-state index in [2.05, 4.69) is 11.8 Å². The number of carbonyl (C=O) groups excluding carboxylic acids is 1. The van der Waals surface area contributed by atoms with Crippen LogP contribution in [0.15, 0.2) is 17.7 Å². The minimum absolute atomic E-state index is 0.203. The van der Waals surface area contributed by atoms with Gasteiger partial charge in [-0.1, -0.05) is 6.92 Å². The molecule has 0 N–H and O–H groups in total. The third-order valence-corrected chi connectivity index (χ3v) is 4.01. The molecule has 23 heavy (non-hydrogen) atoms. The first-order chi connectivity index (χ1) is 11.1. The van der Waals surface area contributed by atoms with Crippen LogP contribution in [0.25, 0.3) is 6.08 Å². The van der Waals surface area contributed by atoms with Crippen molar-refractivity contribution in [3.05, 3.63) is 23.3 Å². The fourth-order valence-electron chi connectivity index (χ4n) is 2.81. The SMILES string of the molecule is CCCN1CCC(=O)/C(=C/c2cc(OC)c(OC)cc2OC)C1. The van der Waals surface area contributed by atoms with Gasteiger partial charge in [-0.25, -0.2) is 0 Å². The summed E-state index contributed by atoms with van der Waals surface area (Å²) in [5, 5.41) is 0. The van der Waals surface area contributed by atoms with E-state index in [0.29, 0.717) is 30.2 Å². The molecule has 0 bridgehead atoms. The second-order valence-corrected chi connectivity index (χ2v) is 5.57. The van der Waals surface area contributed by atoms with Crippen LogP contribution in [0.3, 0.4) is 0 Å². The van der Waals surface area contributed by atoms with E-state index >= 15 is 0 Å². The molecule has 0 aromatic heterocycles. The van der Waals surface area contributed by atoms with Gasteiger partial charge in [-0.3, -0.25) is 9.69 Å². The van der Waals surface area contributed by atoms with E-state index in [1.807, 2.05) is 12.1 Å². The fourth-order valence-corrected chi connectivity index (χ4v) is 2.81. The van der Waals surface area contributed by atoms with Crippen LogP contribution in [-0.2, 0) is 4.79 Å². The number of nitrogens with zero attached hydrogens (tertiary/aromatic N) is 1. The van der Waals surface area contributed by atoms with Gasteiger partial charge < -0.3 is 14.2 Å². The van der Waals surface area contributed by atoms with Crippen molar-refractivity contribution >= 4 is 11.9 Å². The lowest BCUT2D eigenvalue weighted by Crippen LogP contribution is -2.36. The van der Waals surface area contributed by atoms with Gasteiger partial charge in [0, 0.05) is 36.7 Å². The lowest BCUT2D eigenvalue weighted by atomic mass is 9.99. The number of likely N-dealkylation sites (tertiary alicyclic amines) is 1. The van der Waals surface area contributed by atoms with Crippen molar-refractivity contribution in [3.8, 4) is 17.2 Å². The predicted molar refractivity (Wildman–Crippen MR) is 90.4 cm³/mol. The molecule has 1 saturated heterocycles. The Balaban J connectivity index is 2.37. The number of benzene rings is 1. The van der Waals surface area contributed by atoms with Crippen LogP contribution in [-0.4, -0.2) is 51.6 Å². The first-order valence-corrected chi connectivity index (χ1v) is 7.89. The van der Waals surface area contributed by atoms with Gasteiger partial charge in [0.1, 0.15) is 5.75 Å². The maximum Gasteiger partial charge on any atom is 0.164 e. The smallest absolute Gasteiger partial charge is 0.164 e. The van der Waals surface area contributed by atoms with Crippen LogP contribution in [0.1, 0.15) is 25.3 Å². The zero-order valence-electron chi connectivity index (χ0n) is 14.3. The summed E-state index contributed by atoms with van der Waals surface area (Å²) in [4.78, 5) is 14.5. The van der Waals surface area contributed by atoms with E-state index in [-0.39, 0.29) is 5.78 Å². The number of piperidine rings is 1. The number of hydrogen-bond donors (Lipinski definition) is 0. The van der Waals surface area contributed by atoms with Gasteiger partial charge >= 0.3 is 0 Å². The molecule has 1 aliphatic heterocycles. The van der Waals surface area contributed by atoms with Gasteiger partial charge in [-0.15, -0.1) is 0 Å². The maximum absolute atomic E-state index is 12.2. The van der Waals surface area contributed by atoms with Crippen molar-refractivity contribution in [3.63, 3.8) is 0 Å². The van der Waals surface area contributed by atoms with Crippen LogP contribution < -0.4 is 14.2 Å². The van der Waals surface area contributed by atoms with Gasteiger partial charge in [0.15, 0.2) is 17.3 Å². The highest BCUT2D eigenvalue weighted by Crippen LogP contribution is 2.36. The summed E-state index contributed by atoms with van der Waals surface area (Å²) in [7, 11) is 4.79. The van der Waals surface area contributed by atoms with Crippen LogP contribution in [0.4, 0.5) is 0 Å². The third kappa shape index (κ3) is 4.05. The molecule has 1 heterocycles. The van der Waals surface area contributed by atoms with E-state index in [1.165, 1.54) is 0 Å². The number of ketones is 1. The molecule has 1 aromatic rings. The molecule has 5 nitrogen and oxygen atoms in total. The highest BCUT2D eigenvalue weighted by atomic mass is 16.5. The van der Waals surface area contributed by atoms with Gasteiger partial charge in [-0.2, -0.15) is 0 Å². The Hall–Kier alpha value is -2.01. The molecular formula is C18H25NO4.